The molecule has 0 saturated heterocycles. The van der Waals surface area contributed by atoms with Gasteiger partial charge in [0.2, 0.25) is 10.0 Å². The number of nitrogens with zero attached hydrogens (tertiary/aromatic N) is 1. The monoisotopic (exact) mass is 238 g/mol. The first-order valence-electron chi connectivity index (χ1n) is 5.26. The highest BCUT2D eigenvalue weighted by Gasteiger charge is 2.23. The van der Waals surface area contributed by atoms with Gasteiger partial charge in [-0.05, 0) is 33.2 Å². The van der Waals surface area contributed by atoms with E-state index in [0.717, 1.165) is 0 Å². The molecule has 0 radical (unpaired) electrons. The van der Waals surface area contributed by atoms with E-state index in [9.17, 15) is 8.42 Å². The molecule has 0 atom stereocenters. The molecule has 0 aliphatic carbocycles. The van der Waals surface area contributed by atoms with Crippen molar-refractivity contribution >= 4 is 10.0 Å². The van der Waals surface area contributed by atoms with E-state index in [-0.39, 0.29) is 24.9 Å². The average molecular weight is 238 g/mol. The van der Waals surface area contributed by atoms with Gasteiger partial charge in [0.25, 0.3) is 0 Å². The van der Waals surface area contributed by atoms with Crippen LogP contribution in [-0.4, -0.2) is 49.3 Å². The van der Waals surface area contributed by atoms with Crippen LogP contribution in [0.4, 0.5) is 0 Å². The minimum Gasteiger partial charge on any atom is -0.395 e. The molecule has 0 aromatic rings. The van der Waals surface area contributed by atoms with Crippen molar-refractivity contribution in [2.24, 2.45) is 5.73 Å². The molecule has 0 aromatic carbocycles. The molecule has 0 aliphatic rings. The maximum absolute atomic E-state index is 11.8. The summed E-state index contributed by atoms with van der Waals surface area (Å²) < 4.78 is 25.0. The normalized spacial score (nSPS) is 12.7. The van der Waals surface area contributed by atoms with Crippen LogP contribution in [0.5, 0.6) is 0 Å². The van der Waals surface area contributed by atoms with Gasteiger partial charge in [-0.15, -0.1) is 0 Å². The predicted molar refractivity (Wildman–Crippen MR) is 61.0 cm³/mol. The number of aliphatic hydroxyl groups excluding tert-OH is 1. The van der Waals surface area contributed by atoms with E-state index in [0.29, 0.717) is 19.4 Å². The standard InChI is InChI=1S/C9H22N2O3S/c1-9(2)11(6-7-12)15(13,14)8-4-3-5-10/h9,12H,3-8,10H2,1-2H3. The van der Waals surface area contributed by atoms with Gasteiger partial charge in [-0.3, -0.25) is 0 Å². The third-order valence-electron chi connectivity index (χ3n) is 2.11. The molecule has 5 nitrogen and oxygen atoms in total. The van der Waals surface area contributed by atoms with Crippen molar-refractivity contribution in [3.8, 4) is 0 Å². The molecule has 0 fully saturated rings. The maximum atomic E-state index is 11.8. The quantitative estimate of drug-likeness (QED) is 0.572. The predicted octanol–water partition coefficient (Wildman–Crippen LogP) is -0.242. The molecule has 0 aliphatic heterocycles. The van der Waals surface area contributed by atoms with Gasteiger partial charge < -0.3 is 10.8 Å². The van der Waals surface area contributed by atoms with E-state index in [2.05, 4.69) is 0 Å². The summed E-state index contributed by atoms with van der Waals surface area (Å²) in [6, 6.07) is -0.111. The molecule has 0 heterocycles. The van der Waals surface area contributed by atoms with Crippen molar-refractivity contribution in [1.82, 2.24) is 4.31 Å². The molecule has 0 unspecified atom stereocenters. The third-order valence-corrected chi connectivity index (χ3v) is 4.23. The fourth-order valence-electron chi connectivity index (χ4n) is 1.36. The summed E-state index contributed by atoms with van der Waals surface area (Å²) in [4.78, 5) is 0. The summed E-state index contributed by atoms with van der Waals surface area (Å²) in [5, 5.41) is 8.79. The Morgan fingerprint density at radius 2 is 1.93 bits per heavy atom. The lowest BCUT2D eigenvalue weighted by molar-refractivity contribution is 0.236. The van der Waals surface area contributed by atoms with Crippen LogP contribution >= 0.6 is 0 Å². The smallest absolute Gasteiger partial charge is 0.214 e. The second kappa shape index (κ2) is 7.16. The Morgan fingerprint density at radius 1 is 1.33 bits per heavy atom. The van der Waals surface area contributed by atoms with Gasteiger partial charge in [-0.2, -0.15) is 4.31 Å². The second-order valence-corrected chi connectivity index (χ2v) is 5.78. The van der Waals surface area contributed by atoms with Crippen LogP contribution in [0.15, 0.2) is 0 Å². The van der Waals surface area contributed by atoms with Crippen LogP contribution in [0, 0.1) is 0 Å². The Labute approximate surface area is 92.3 Å². The van der Waals surface area contributed by atoms with Crippen LogP contribution in [0.1, 0.15) is 26.7 Å². The van der Waals surface area contributed by atoms with E-state index < -0.39 is 10.0 Å². The first-order valence-corrected chi connectivity index (χ1v) is 6.87. The SMILES string of the molecule is CC(C)N(CCO)S(=O)(=O)CCCCN. The lowest BCUT2D eigenvalue weighted by atomic mass is 10.3. The lowest BCUT2D eigenvalue weighted by Gasteiger charge is -2.24. The van der Waals surface area contributed by atoms with E-state index in [1.165, 1.54) is 4.31 Å². The van der Waals surface area contributed by atoms with Crippen LogP contribution in [-0.2, 0) is 10.0 Å². The molecule has 0 aromatic heterocycles. The minimum absolute atomic E-state index is 0.111. The van der Waals surface area contributed by atoms with Gasteiger partial charge in [0.05, 0.1) is 12.4 Å². The molecule has 0 saturated carbocycles. The fraction of sp³-hybridized carbons (Fsp3) is 1.00. The summed E-state index contributed by atoms with van der Waals surface area (Å²) >= 11 is 0. The first kappa shape index (κ1) is 14.8. The highest BCUT2D eigenvalue weighted by molar-refractivity contribution is 7.89. The summed E-state index contributed by atoms with van der Waals surface area (Å²) in [7, 11) is -3.24. The number of unbranched alkanes of at least 4 members (excludes halogenated alkanes) is 1. The summed E-state index contributed by atoms with van der Waals surface area (Å²) in [6.07, 6.45) is 1.29. The van der Waals surface area contributed by atoms with Gasteiger partial charge in [0.1, 0.15) is 0 Å². The highest BCUT2D eigenvalue weighted by atomic mass is 32.2. The second-order valence-electron chi connectivity index (χ2n) is 3.74. The third kappa shape index (κ3) is 5.46. The Morgan fingerprint density at radius 3 is 2.33 bits per heavy atom. The molecule has 0 spiro atoms. The van der Waals surface area contributed by atoms with Crippen LogP contribution in [0.25, 0.3) is 0 Å². The van der Waals surface area contributed by atoms with Crippen LogP contribution < -0.4 is 5.73 Å². The lowest BCUT2D eigenvalue weighted by Crippen LogP contribution is -2.40. The molecular weight excluding hydrogens is 216 g/mol. The first-order chi connectivity index (χ1) is 6.95. The Kier molecular flexibility index (Phi) is 7.08. The summed E-state index contributed by atoms with van der Waals surface area (Å²) in [5.41, 5.74) is 5.30. The Balaban J connectivity index is 4.37. The fourth-order valence-corrected chi connectivity index (χ4v) is 3.17. The Bertz CT molecular complexity index is 252. The van der Waals surface area contributed by atoms with E-state index >= 15 is 0 Å². The van der Waals surface area contributed by atoms with Gasteiger partial charge >= 0.3 is 0 Å². The van der Waals surface area contributed by atoms with E-state index in [1.54, 1.807) is 13.8 Å². The molecule has 0 bridgehead atoms. The molecular formula is C9H22N2O3S. The zero-order valence-electron chi connectivity index (χ0n) is 9.52. The highest BCUT2D eigenvalue weighted by Crippen LogP contribution is 2.08. The maximum Gasteiger partial charge on any atom is 0.214 e. The summed E-state index contributed by atoms with van der Waals surface area (Å²) in [5.74, 6) is 0.113. The van der Waals surface area contributed by atoms with Gasteiger partial charge in [0, 0.05) is 12.6 Å². The zero-order chi connectivity index (χ0) is 11.9. The van der Waals surface area contributed by atoms with Crippen LogP contribution in [0.3, 0.4) is 0 Å². The van der Waals surface area contributed by atoms with Gasteiger partial charge in [0.15, 0.2) is 0 Å². The van der Waals surface area contributed by atoms with Gasteiger partial charge in [-0.25, -0.2) is 8.42 Å². The molecule has 0 rings (SSSR count). The van der Waals surface area contributed by atoms with Gasteiger partial charge in [-0.1, -0.05) is 0 Å². The largest absolute Gasteiger partial charge is 0.395 e. The molecule has 6 heteroatoms. The molecule has 15 heavy (non-hydrogen) atoms. The molecule has 0 amide bonds. The number of hydrogen-bond acceptors (Lipinski definition) is 4. The average Bonchev–Trinajstić information content (AvgIpc) is 2.13. The van der Waals surface area contributed by atoms with Crippen molar-refractivity contribution in [1.29, 1.82) is 0 Å². The Hall–Kier alpha value is -0.170. The number of hydrogen-bond donors (Lipinski definition) is 2. The topological polar surface area (TPSA) is 83.6 Å². The van der Waals surface area contributed by atoms with E-state index in [4.69, 9.17) is 10.8 Å². The van der Waals surface area contributed by atoms with Crippen molar-refractivity contribution in [3.63, 3.8) is 0 Å². The number of nitrogens with two attached hydrogens (primary N) is 1. The van der Waals surface area contributed by atoms with Crippen molar-refractivity contribution in [2.45, 2.75) is 32.7 Å². The number of sulfonamides is 1. The van der Waals surface area contributed by atoms with E-state index in [1.807, 2.05) is 0 Å². The van der Waals surface area contributed by atoms with Crippen molar-refractivity contribution < 1.29 is 13.5 Å². The number of rotatable bonds is 8. The summed E-state index contributed by atoms with van der Waals surface area (Å²) in [6.45, 7) is 4.14. The minimum atomic E-state index is -3.24. The molecule has 92 valence electrons. The van der Waals surface area contributed by atoms with Crippen molar-refractivity contribution in [3.05, 3.63) is 0 Å². The van der Waals surface area contributed by atoms with Crippen LogP contribution in [0.2, 0.25) is 0 Å². The molecule has 3 N–H and O–H groups in total. The number of aliphatic hydroxyl groups is 1. The van der Waals surface area contributed by atoms with Crippen molar-refractivity contribution in [2.75, 3.05) is 25.4 Å². The zero-order valence-corrected chi connectivity index (χ0v) is 10.3.